The first-order valence-electron chi connectivity index (χ1n) is 6.95. The molecule has 0 amide bonds. The number of carbonyl (C=O) groups excluding carboxylic acids is 1. The van der Waals surface area contributed by atoms with Gasteiger partial charge in [0, 0.05) is 12.0 Å². The standard InChI is InChI=1S/C16H18BrNO2S/c1-3-11-7-9-12(10-8-11)16-18-13(15(17)21-16)5-4-6-14(19)20-2/h7-10H,3-6H2,1-2H3. The summed E-state index contributed by atoms with van der Waals surface area (Å²) in [5.74, 6) is -0.170. The zero-order valence-corrected chi connectivity index (χ0v) is 14.6. The van der Waals surface area contributed by atoms with Crippen molar-refractivity contribution in [3.8, 4) is 10.6 Å². The fourth-order valence-electron chi connectivity index (χ4n) is 2.00. The number of ether oxygens (including phenoxy) is 1. The van der Waals surface area contributed by atoms with Crippen LogP contribution in [0.2, 0.25) is 0 Å². The van der Waals surface area contributed by atoms with Gasteiger partial charge in [0.1, 0.15) is 5.01 Å². The summed E-state index contributed by atoms with van der Waals surface area (Å²) >= 11 is 5.20. The van der Waals surface area contributed by atoms with Crippen LogP contribution in [0.3, 0.4) is 0 Å². The molecule has 0 spiro atoms. The van der Waals surface area contributed by atoms with E-state index >= 15 is 0 Å². The molecule has 1 aromatic heterocycles. The number of benzene rings is 1. The van der Waals surface area contributed by atoms with Gasteiger partial charge in [0.05, 0.1) is 16.6 Å². The number of esters is 1. The van der Waals surface area contributed by atoms with Crippen LogP contribution >= 0.6 is 27.3 Å². The van der Waals surface area contributed by atoms with Crippen molar-refractivity contribution in [2.45, 2.75) is 32.6 Å². The molecule has 0 fully saturated rings. The van der Waals surface area contributed by atoms with Gasteiger partial charge in [0.15, 0.2) is 0 Å². The number of methoxy groups -OCH3 is 1. The lowest BCUT2D eigenvalue weighted by Gasteiger charge is -1.99. The predicted octanol–water partition coefficient (Wildman–Crippen LogP) is 4.63. The number of aryl methyl sites for hydroxylation is 2. The Bertz CT molecular complexity index is 607. The molecule has 0 aliphatic heterocycles. The Morgan fingerprint density at radius 2 is 2.05 bits per heavy atom. The zero-order valence-electron chi connectivity index (χ0n) is 12.2. The lowest BCUT2D eigenvalue weighted by Crippen LogP contribution is -2.00. The minimum absolute atomic E-state index is 0.170. The highest BCUT2D eigenvalue weighted by Gasteiger charge is 2.11. The summed E-state index contributed by atoms with van der Waals surface area (Å²) in [6, 6.07) is 8.51. The van der Waals surface area contributed by atoms with Crippen molar-refractivity contribution < 1.29 is 9.53 Å². The third-order valence-corrected chi connectivity index (χ3v) is 5.16. The Kier molecular flexibility index (Phi) is 5.94. The van der Waals surface area contributed by atoms with Crippen LogP contribution in [0.15, 0.2) is 28.1 Å². The minimum Gasteiger partial charge on any atom is -0.469 e. The van der Waals surface area contributed by atoms with Gasteiger partial charge < -0.3 is 4.74 Å². The quantitative estimate of drug-likeness (QED) is 0.698. The SMILES string of the molecule is CCc1ccc(-c2nc(CCCC(=O)OC)c(Br)s2)cc1. The number of rotatable bonds is 6. The van der Waals surface area contributed by atoms with Crippen molar-refractivity contribution in [2.24, 2.45) is 0 Å². The third-order valence-electron chi connectivity index (χ3n) is 3.28. The number of halogens is 1. The van der Waals surface area contributed by atoms with Gasteiger partial charge in [-0.05, 0) is 40.8 Å². The third kappa shape index (κ3) is 4.38. The van der Waals surface area contributed by atoms with E-state index in [0.717, 1.165) is 39.3 Å². The first kappa shape index (κ1) is 16.2. The molecular weight excluding hydrogens is 350 g/mol. The van der Waals surface area contributed by atoms with Crippen molar-refractivity contribution in [3.05, 3.63) is 39.3 Å². The van der Waals surface area contributed by atoms with Crippen LogP contribution in [0, 0.1) is 0 Å². The highest BCUT2D eigenvalue weighted by atomic mass is 79.9. The number of nitrogens with zero attached hydrogens (tertiary/aromatic N) is 1. The Balaban J connectivity index is 2.05. The lowest BCUT2D eigenvalue weighted by atomic mass is 10.1. The zero-order chi connectivity index (χ0) is 15.2. The van der Waals surface area contributed by atoms with Crippen LogP contribution in [0.4, 0.5) is 0 Å². The van der Waals surface area contributed by atoms with Crippen molar-refractivity contribution in [2.75, 3.05) is 7.11 Å². The van der Waals surface area contributed by atoms with Gasteiger partial charge in [-0.3, -0.25) is 4.79 Å². The van der Waals surface area contributed by atoms with Gasteiger partial charge in [0.2, 0.25) is 0 Å². The van der Waals surface area contributed by atoms with E-state index in [1.54, 1.807) is 11.3 Å². The summed E-state index contributed by atoms with van der Waals surface area (Å²) in [6.07, 6.45) is 3.00. The van der Waals surface area contributed by atoms with E-state index in [-0.39, 0.29) is 5.97 Å². The summed E-state index contributed by atoms with van der Waals surface area (Å²) in [5, 5.41) is 1.01. The van der Waals surface area contributed by atoms with Crippen molar-refractivity contribution in [1.82, 2.24) is 4.98 Å². The van der Waals surface area contributed by atoms with Crippen LogP contribution in [0.25, 0.3) is 10.6 Å². The number of hydrogen-bond acceptors (Lipinski definition) is 4. The first-order chi connectivity index (χ1) is 10.1. The summed E-state index contributed by atoms with van der Waals surface area (Å²) in [4.78, 5) is 15.8. The molecule has 2 rings (SSSR count). The van der Waals surface area contributed by atoms with Crippen LogP contribution in [0.1, 0.15) is 31.0 Å². The maximum atomic E-state index is 11.1. The number of aromatic nitrogens is 1. The summed E-state index contributed by atoms with van der Waals surface area (Å²) in [6.45, 7) is 2.15. The van der Waals surface area contributed by atoms with Gasteiger partial charge in [-0.25, -0.2) is 4.98 Å². The smallest absolute Gasteiger partial charge is 0.305 e. The molecule has 0 aliphatic carbocycles. The molecule has 3 nitrogen and oxygen atoms in total. The molecule has 0 bridgehead atoms. The fraction of sp³-hybridized carbons (Fsp3) is 0.375. The molecule has 0 unspecified atom stereocenters. The maximum Gasteiger partial charge on any atom is 0.305 e. The van der Waals surface area contributed by atoms with Gasteiger partial charge in [0.25, 0.3) is 0 Å². The second kappa shape index (κ2) is 7.71. The molecule has 1 heterocycles. The van der Waals surface area contributed by atoms with Crippen molar-refractivity contribution in [1.29, 1.82) is 0 Å². The fourth-order valence-corrected chi connectivity index (χ4v) is 3.59. The van der Waals surface area contributed by atoms with Crippen LogP contribution in [-0.2, 0) is 22.4 Å². The van der Waals surface area contributed by atoms with E-state index in [1.165, 1.54) is 12.7 Å². The van der Waals surface area contributed by atoms with Crippen LogP contribution in [0.5, 0.6) is 0 Å². The van der Waals surface area contributed by atoms with E-state index in [0.29, 0.717) is 6.42 Å². The Labute approximate surface area is 137 Å². The molecule has 0 radical (unpaired) electrons. The summed E-state index contributed by atoms with van der Waals surface area (Å²) < 4.78 is 5.69. The molecule has 5 heteroatoms. The average molecular weight is 368 g/mol. The van der Waals surface area contributed by atoms with E-state index in [2.05, 4.69) is 56.8 Å². The molecule has 112 valence electrons. The second-order valence-corrected chi connectivity index (χ2v) is 7.04. The van der Waals surface area contributed by atoms with Crippen LogP contribution < -0.4 is 0 Å². The Morgan fingerprint density at radius 3 is 2.67 bits per heavy atom. The van der Waals surface area contributed by atoms with Crippen molar-refractivity contribution in [3.63, 3.8) is 0 Å². The minimum atomic E-state index is -0.170. The molecule has 2 aromatic rings. The number of thiazole rings is 1. The molecule has 0 N–H and O–H groups in total. The summed E-state index contributed by atoms with van der Waals surface area (Å²) in [7, 11) is 1.42. The van der Waals surface area contributed by atoms with Gasteiger partial charge in [-0.15, -0.1) is 11.3 Å². The monoisotopic (exact) mass is 367 g/mol. The van der Waals surface area contributed by atoms with E-state index in [9.17, 15) is 4.79 Å². The first-order valence-corrected chi connectivity index (χ1v) is 8.56. The number of carbonyl (C=O) groups is 1. The summed E-state index contributed by atoms with van der Waals surface area (Å²) in [5.41, 5.74) is 3.48. The molecule has 0 saturated carbocycles. The topological polar surface area (TPSA) is 39.2 Å². The van der Waals surface area contributed by atoms with E-state index in [4.69, 9.17) is 0 Å². The van der Waals surface area contributed by atoms with E-state index in [1.807, 2.05) is 0 Å². The predicted molar refractivity (Wildman–Crippen MR) is 89.6 cm³/mol. The Hall–Kier alpha value is -1.20. The Morgan fingerprint density at radius 1 is 1.33 bits per heavy atom. The molecule has 21 heavy (non-hydrogen) atoms. The molecule has 0 aliphatic rings. The maximum absolute atomic E-state index is 11.1. The number of hydrogen-bond donors (Lipinski definition) is 0. The van der Waals surface area contributed by atoms with E-state index < -0.39 is 0 Å². The normalized spacial score (nSPS) is 10.6. The molecular formula is C16H18BrNO2S. The van der Waals surface area contributed by atoms with Gasteiger partial charge in [-0.2, -0.15) is 0 Å². The average Bonchev–Trinajstić information content (AvgIpc) is 2.88. The molecule has 1 aromatic carbocycles. The van der Waals surface area contributed by atoms with Crippen molar-refractivity contribution >= 4 is 33.2 Å². The van der Waals surface area contributed by atoms with Crippen LogP contribution in [-0.4, -0.2) is 18.1 Å². The largest absolute Gasteiger partial charge is 0.469 e. The highest BCUT2D eigenvalue weighted by Crippen LogP contribution is 2.33. The second-order valence-electron chi connectivity index (χ2n) is 4.72. The molecule has 0 atom stereocenters. The highest BCUT2D eigenvalue weighted by molar-refractivity contribution is 9.11. The van der Waals surface area contributed by atoms with Gasteiger partial charge >= 0.3 is 5.97 Å². The molecule has 0 saturated heterocycles. The van der Waals surface area contributed by atoms with Gasteiger partial charge in [-0.1, -0.05) is 31.2 Å². The lowest BCUT2D eigenvalue weighted by molar-refractivity contribution is -0.140.